The van der Waals surface area contributed by atoms with Gasteiger partial charge in [-0.05, 0) is 144 Å². The minimum Gasteiger partial charge on any atom is -0.311 e. The van der Waals surface area contributed by atoms with Crippen molar-refractivity contribution in [2.24, 2.45) is 0 Å². The molecule has 2 aliphatic rings. The molecule has 0 atom stereocenters. The summed E-state index contributed by atoms with van der Waals surface area (Å²) in [6, 6.07) is 98.9. The van der Waals surface area contributed by atoms with E-state index in [0.29, 0.717) is 5.56 Å². The molecule has 0 aromatic heterocycles. The Labute approximate surface area is 415 Å². The number of fused-ring (bicyclic) bond motifs is 4. The van der Waals surface area contributed by atoms with Crippen molar-refractivity contribution >= 4 is 57.2 Å². The Balaban J connectivity index is 1.12. The lowest BCUT2D eigenvalue weighted by atomic mass is 9.33. The van der Waals surface area contributed by atoms with E-state index in [-0.39, 0.29) is 6.71 Å². The largest absolute Gasteiger partial charge is 0.311 e. The normalized spacial score (nSPS) is 12.1. The molecule has 0 bridgehead atoms. The average Bonchev–Trinajstić information content (AvgIpc) is 3.45. The Morgan fingerprint density at radius 3 is 1.21 bits per heavy atom. The number of nitrogens with zero attached hydrogens (tertiary/aromatic N) is 3. The Hall–Kier alpha value is -9.43. The number of benzene rings is 11. The van der Waals surface area contributed by atoms with E-state index in [0.717, 1.165) is 61.9 Å². The summed E-state index contributed by atoms with van der Waals surface area (Å²) in [5.74, 6) is 0. The first kappa shape index (κ1) is 41.7. The number of anilines is 6. The van der Waals surface area contributed by atoms with Crippen molar-refractivity contribution in [3.05, 3.63) is 272 Å². The smallest absolute Gasteiger partial charge is 0.252 e. The van der Waals surface area contributed by atoms with Gasteiger partial charge >= 0.3 is 0 Å². The van der Waals surface area contributed by atoms with E-state index in [1.807, 2.05) is 12.1 Å². The van der Waals surface area contributed by atoms with Gasteiger partial charge in [0.05, 0.1) is 11.6 Å². The van der Waals surface area contributed by atoms with Crippen LogP contribution < -0.4 is 26.2 Å². The third kappa shape index (κ3) is 7.31. The van der Waals surface area contributed by atoms with Crippen LogP contribution >= 0.6 is 0 Å². The van der Waals surface area contributed by atoms with Crippen molar-refractivity contribution in [3.63, 3.8) is 0 Å². The highest BCUT2D eigenvalue weighted by Gasteiger charge is 2.44. The number of rotatable bonds is 8. The zero-order valence-corrected chi connectivity index (χ0v) is 38.8. The summed E-state index contributed by atoms with van der Waals surface area (Å²) < 4.78 is 0. The Kier molecular flexibility index (Phi) is 10.3. The quantitative estimate of drug-likeness (QED) is 0.142. The second-order valence-corrected chi connectivity index (χ2v) is 18.3. The first-order chi connectivity index (χ1) is 35.2. The lowest BCUT2D eigenvalue weighted by molar-refractivity contribution is 1.25. The summed E-state index contributed by atoms with van der Waals surface area (Å²) in [5.41, 5.74) is 24.9. The maximum absolute atomic E-state index is 9.71. The first-order valence-electron chi connectivity index (χ1n) is 24.3. The van der Waals surface area contributed by atoms with Gasteiger partial charge in [0, 0.05) is 34.1 Å². The molecule has 4 heteroatoms. The van der Waals surface area contributed by atoms with Crippen LogP contribution in [-0.2, 0) is 0 Å². The molecule has 0 amide bonds. The van der Waals surface area contributed by atoms with Crippen molar-refractivity contribution < 1.29 is 0 Å². The molecule has 3 nitrogen and oxygen atoms in total. The standard InChI is InChI=1S/C67H44BN3/c69-45-46-28-30-51(31-29-46)54-36-41-63-61(42-54)68-60-26-13-14-27-62(60)70(56-37-32-49(33-38-56)47-16-5-1-6-17-47)64-43-55(44-65(67(64)68)71(63)57-39-34-50(35-40-57)48-18-7-2-8-19-48)66-58(52-20-9-3-10-21-52)24-15-25-59(66)53-22-11-4-12-23-53/h1-44H. The van der Waals surface area contributed by atoms with Gasteiger partial charge in [-0.1, -0.05) is 206 Å². The predicted molar refractivity (Wildman–Crippen MR) is 298 cm³/mol. The van der Waals surface area contributed by atoms with Gasteiger partial charge in [-0.2, -0.15) is 5.26 Å². The minimum atomic E-state index is -0.101. The molecule has 11 aromatic rings. The summed E-state index contributed by atoms with van der Waals surface area (Å²) >= 11 is 0. The van der Waals surface area contributed by atoms with Crippen molar-refractivity contribution in [1.29, 1.82) is 5.26 Å². The first-order valence-corrected chi connectivity index (χ1v) is 24.3. The van der Waals surface area contributed by atoms with Crippen molar-refractivity contribution in [2.75, 3.05) is 9.80 Å². The lowest BCUT2D eigenvalue weighted by Gasteiger charge is -2.44. The van der Waals surface area contributed by atoms with E-state index < -0.39 is 0 Å². The van der Waals surface area contributed by atoms with E-state index in [4.69, 9.17) is 0 Å². The molecule has 0 radical (unpaired) electrons. The molecule has 330 valence electrons. The highest BCUT2D eigenvalue weighted by Crippen LogP contribution is 2.49. The SMILES string of the molecule is N#Cc1ccc(-c2ccc3c(c2)B2c4ccccc4N(c4ccc(-c5ccccc5)cc4)c4cc(-c5c(-c6ccccc6)cccc5-c5ccccc5)cc(c42)N3c2ccc(-c3ccccc3)cc2)cc1. The van der Waals surface area contributed by atoms with E-state index in [1.54, 1.807) is 0 Å². The molecule has 13 rings (SSSR count). The summed E-state index contributed by atoms with van der Waals surface area (Å²) in [7, 11) is 0. The zero-order valence-electron chi connectivity index (χ0n) is 38.8. The number of hydrogen-bond acceptors (Lipinski definition) is 3. The second-order valence-electron chi connectivity index (χ2n) is 18.3. The molecular formula is C67H44BN3. The van der Waals surface area contributed by atoms with Crippen LogP contribution in [0.3, 0.4) is 0 Å². The third-order valence-corrected chi connectivity index (χ3v) is 14.3. The van der Waals surface area contributed by atoms with Crippen molar-refractivity contribution in [3.8, 4) is 72.8 Å². The number of nitriles is 1. The predicted octanol–water partition coefficient (Wildman–Crippen LogP) is 15.6. The molecule has 2 aliphatic heterocycles. The summed E-state index contributed by atoms with van der Waals surface area (Å²) in [6.07, 6.45) is 0. The topological polar surface area (TPSA) is 30.3 Å². The van der Waals surface area contributed by atoms with E-state index in [9.17, 15) is 5.26 Å². The Morgan fingerprint density at radius 1 is 0.296 bits per heavy atom. The Morgan fingerprint density at radius 2 is 0.704 bits per heavy atom. The third-order valence-electron chi connectivity index (χ3n) is 14.3. The fourth-order valence-corrected chi connectivity index (χ4v) is 11.0. The van der Waals surface area contributed by atoms with Crippen LogP contribution in [0.5, 0.6) is 0 Å². The lowest BCUT2D eigenvalue weighted by Crippen LogP contribution is -2.61. The second kappa shape index (κ2) is 17.6. The van der Waals surface area contributed by atoms with Crippen LogP contribution in [0.2, 0.25) is 0 Å². The fourth-order valence-electron chi connectivity index (χ4n) is 11.0. The highest BCUT2D eigenvalue weighted by molar-refractivity contribution is 7.00. The summed E-state index contributed by atoms with van der Waals surface area (Å²) in [6.45, 7) is -0.101. The van der Waals surface area contributed by atoms with Gasteiger partial charge in [-0.3, -0.25) is 0 Å². The molecular weight excluding hydrogens is 858 g/mol. The van der Waals surface area contributed by atoms with Crippen LogP contribution in [0.4, 0.5) is 34.1 Å². The van der Waals surface area contributed by atoms with Gasteiger partial charge in [-0.25, -0.2) is 0 Å². The van der Waals surface area contributed by atoms with Crippen LogP contribution in [0, 0.1) is 11.3 Å². The number of hydrogen-bond donors (Lipinski definition) is 0. The fraction of sp³-hybridized carbons (Fsp3) is 0. The van der Waals surface area contributed by atoms with Gasteiger partial charge in [-0.15, -0.1) is 0 Å². The molecule has 2 heterocycles. The average molecular weight is 902 g/mol. The zero-order chi connectivity index (χ0) is 47.3. The van der Waals surface area contributed by atoms with Gasteiger partial charge in [0.25, 0.3) is 6.71 Å². The van der Waals surface area contributed by atoms with E-state index in [2.05, 4.69) is 271 Å². The molecule has 0 unspecified atom stereocenters. The molecule has 0 aliphatic carbocycles. The maximum atomic E-state index is 9.71. The Bertz CT molecular complexity index is 3720. The monoisotopic (exact) mass is 901 g/mol. The minimum absolute atomic E-state index is 0.101. The van der Waals surface area contributed by atoms with Crippen LogP contribution in [0.25, 0.3) is 66.8 Å². The van der Waals surface area contributed by atoms with E-state index >= 15 is 0 Å². The number of para-hydroxylation sites is 1. The molecule has 0 saturated carbocycles. The van der Waals surface area contributed by atoms with Gasteiger partial charge < -0.3 is 9.80 Å². The highest BCUT2D eigenvalue weighted by atomic mass is 15.2. The van der Waals surface area contributed by atoms with Crippen molar-refractivity contribution in [1.82, 2.24) is 0 Å². The van der Waals surface area contributed by atoms with Gasteiger partial charge in [0.15, 0.2) is 0 Å². The van der Waals surface area contributed by atoms with E-state index in [1.165, 1.54) is 55.3 Å². The van der Waals surface area contributed by atoms with Crippen LogP contribution in [-0.4, -0.2) is 6.71 Å². The van der Waals surface area contributed by atoms with Gasteiger partial charge in [0.1, 0.15) is 0 Å². The van der Waals surface area contributed by atoms with Gasteiger partial charge in [0.2, 0.25) is 0 Å². The molecule has 0 N–H and O–H groups in total. The molecule has 0 saturated heterocycles. The molecule has 11 aromatic carbocycles. The molecule has 71 heavy (non-hydrogen) atoms. The van der Waals surface area contributed by atoms with Crippen LogP contribution in [0.15, 0.2) is 267 Å². The molecule has 0 spiro atoms. The molecule has 0 fully saturated rings. The maximum Gasteiger partial charge on any atom is 0.252 e. The summed E-state index contributed by atoms with van der Waals surface area (Å²) in [4.78, 5) is 5.01. The van der Waals surface area contributed by atoms with Crippen LogP contribution in [0.1, 0.15) is 5.56 Å². The summed E-state index contributed by atoms with van der Waals surface area (Å²) in [5, 5.41) is 9.71. The van der Waals surface area contributed by atoms with Crippen molar-refractivity contribution in [2.45, 2.75) is 0 Å².